The van der Waals surface area contributed by atoms with Gasteiger partial charge in [0.25, 0.3) is 5.91 Å². The van der Waals surface area contributed by atoms with Crippen LogP contribution in [0.4, 0.5) is 70.7 Å². The highest BCUT2D eigenvalue weighted by Gasteiger charge is 2.94. The smallest absolute Gasteiger partial charge is 0.444 e. The molecular weight excluding hydrogens is 825 g/mol. The summed E-state index contributed by atoms with van der Waals surface area (Å²) in [6.45, 7) is 0.604. The molecule has 0 aliphatic rings. The average Bonchev–Trinajstić information content (AvgIpc) is 3.11. The van der Waals surface area contributed by atoms with Gasteiger partial charge in [0.1, 0.15) is 5.60 Å². The lowest BCUT2D eigenvalue weighted by atomic mass is 9.90. The predicted molar refractivity (Wildman–Crippen MR) is 177 cm³/mol. The third kappa shape index (κ3) is 8.35. The maximum Gasteiger partial charge on any atom is 0.460 e. The first-order chi connectivity index (χ1) is 26.4. The molecule has 22 heteroatoms. The number of ether oxygens (including phenoxy) is 3. The maximum absolute atomic E-state index is 15.3. The molecule has 0 aromatic heterocycles. The fourth-order valence-electron chi connectivity index (χ4n) is 5.73. The van der Waals surface area contributed by atoms with Crippen LogP contribution in [0.5, 0.6) is 0 Å². The van der Waals surface area contributed by atoms with E-state index in [2.05, 4.69) is 5.32 Å². The zero-order chi connectivity index (χ0) is 43.9. The van der Waals surface area contributed by atoms with Gasteiger partial charge in [0.15, 0.2) is 0 Å². The molecule has 0 fully saturated rings. The normalized spacial score (nSPS) is 14.1. The number of halogens is 15. The minimum Gasteiger partial charge on any atom is -0.444 e. The number of alkyl carbamates (subject to hydrolysis) is 1. The number of hydrogen-bond donors (Lipinski definition) is 1. The van der Waals surface area contributed by atoms with Crippen LogP contribution in [0.25, 0.3) is 32.3 Å². The SMILES string of the molecule is CC(C)(C)OC(=O)NCCOCCOCCN(Cc1ccc2ccc3cccc4ccc1c2c34)C(=O)C(F)(F)C(F)(F)C(F)(F)C(F)(F)C(F)(F)C(F)(F)C(F)(F)F. The Kier molecular flexibility index (Phi) is 12.7. The third-order valence-electron chi connectivity index (χ3n) is 8.66. The van der Waals surface area contributed by atoms with Crippen LogP contribution in [-0.2, 0) is 25.5 Å². The number of nitrogens with zero attached hydrogens (tertiary/aromatic N) is 1. The number of carbonyl (C=O) groups excluding carboxylic acids is 2. The van der Waals surface area contributed by atoms with E-state index < -0.39 is 85.6 Å². The number of alkyl halides is 15. The second-order valence-electron chi connectivity index (χ2n) is 13.9. The van der Waals surface area contributed by atoms with E-state index in [1.54, 1.807) is 57.2 Å². The van der Waals surface area contributed by atoms with Crippen molar-refractivity contribution in [2.24, 2.45) is 0 Å². The fraction of sp³-hybridized carbons (Fsp3) is 0.500. The molecule has 0 saturated carbocycles. The van der Waals surface area contributed by atoms with Crippen molar-refractivity contribution in [3.05, 3.63) is 60.2 Å². The van der Waals surface area contributed by atoms with Gasteiger partial charge in [-0.3, -0.25) is 4.79 Å². The van der Waals surface area contributed by atoms with Crippen molar-refractivity contribution >= 4 is 44.3 Å². The average molecular weight is 859 g/mol. The molecule has 4 rings (SSSR count). The number of benzene rings is 4. The Morgan fingerprint density at radius 1 is 0.586 bits per heavy atom. The monoisotopic (exact) mass is 858 g/mol. The van der Waals surface area contributed by atoms with E-state index in [1.807, 2.05) is 0 Å². The molecule has 0 heterocycles. The summed E-state index contributed by atoms with van der Waals surface area (Å²) < 4.78 is 226. The van der Waals surface area contributed by atoms with Crippen LogP contribution in [0.1, 0.15) is 26.3 Å². The highest BCUT2D eigenvalue weighted by molar-refractivity contribution is 6.23. The van der Waals surface area contributed by atoms with Crippen molar-refractivity contribution in [2.45, 2.75) is 74.6 Å². The topological polar surface area (TPSA) is 77.1 Å². The molecule has 0 atom stereocenters. The van der Waals surface area contributed by atoms with E-state index in [0.717, 1.165) is 0 Å². The van der Waals surface area contributed by atoms with Gasteiger partial charge in [0, 0.05) is 19.6 Å². The van der Waals surface area contributed by atoms with Crippen LogP contribution in [0.2, 0.25) is 0 Å². The Hall–Kier alpha value is -4.47. The molecule has 0 spiro atoms. The first-order valence-electron chi connectivity index (χ1n) is 16.8. The van der Waals surface area contributed by atoms with Crippen LogP contribution in [0.3, 0.4) is 0 Å². The molecule has 0 radical (unpaired) electrons. The van der Waals surface area contributed by atoms with Gasteiger partial charge in [-0.25, -0.2) is 4.79 Å². The summed E-state index contributed by atoms with van der Waals surface area (Å²) in [5.41, 5.74) is -0.935. The Labute approximate surface area is 318 Å². The molecule has 0 saturated heterocycles. The number of nitrogens with one attached hydrogen (secondary N) is 1. The van der Waals surface area contributed by atoms with E-state index in [9.17, 15) is 66.7 Å². The van der Waals surface area contributed by atoms with Crippen LogP contribution in [-0.4, -0.2) is 104 Å². The summed E-state index contributed by atoms with van der Waals surface area (Å²) in [6.07, 6.45) is -8.54. The molecule has 4 aromatic carbocycles. The van der Waals surface area contributed by atoms with E-state index in [-0.39, 0.29) is 35.6 Å². The summed E-state index contributed by atoms with van der Waals surface area (Å²) in [7, 11) is 0. The molecule has 0 unspecified atom stereocenters. The lowest BCUT2D eigenvalue weighted by Crippen LogP contribution is -2.74. The molecule has 2 amide bonds. The number of carbonyl (C=O) groups is 2. The molecular formula is C36H33F15N2O5. The first kappa shape index (κ1) is 46.2. The van der Waals surface area contributed by atoms with Crippen molar-refractivity contribution < 1.29 is 89.7 Å². The van der Waals surface area contributed by atoms with Gasteiger partial charge in [-0.15, -0.1) is 0 Å². The van der Waals surface area contributed by atoms with Crippen molar-refractivity contribution in [1.29, 1.82) is 0 Å². The zero-order valence-electron chi connectivity index (χ0n) is 30.3. The number of rotatable bonds is 17. The molecule has 58 heavy (non-hydrogen) atoms. The van der Waals surface area contributed by atoms with Gasteiger partial charge < -0.3 is 24.4 Å². The molecule has 0 aliphatic heterocycles. The zero-order valence-corrected chi connectivity index (χ0v) is 30.3. The van der Waals surface area contributed by atoms with Crippen LogP contribution in [0, 0.1) is 0 Å². The van der Waals surface area contributed by atoms with Crippen molar-refractivity contribution in [3.63, 3.8) is 0 Å². The minimum absolute atomic E-state index is 0.0662. The summed E-state index contributed by atoms with van der Waals surface area (Å²) >= 11 is 0. The molecule has 4 aromatic rings. The van der Waals surface area contributed by atoms with Crippen LogP contribution >= 0.6 is 0 Å². The summed E-state index contributed by atoms with van der Waals surface area (Å²) in [4.78, 5) is 24.5. The second kappa shape index (κ2) is 15.9. The summed E-state index contributed by atoms with van der Waals surface area (Å²) in [5.74, 6) is -52.2. The standard InChI is InChI=1S/C36H33F15N2O5/c1-29(2,3)58-28(55)52-13-15-56-17-18-57-16-14-53(19-23-10-9-22-8-7-20-5-4-6-21-11-12-24(23)26(22)25(20)21)27(54)30(37,38)31(39,40)32(41,42)33(43,44)34(45,46)35(47,48)36(49,50)51/h4-12H,13-19H2,1-3H3,(H,52,55). The minimum atomic E-state index is -8.55. The quantitative estimate of drug-likeness (QED) is 0.0651. The Morgan fingerprint density at radius 3 is 1.62 bits per heavy atom. The van der Waals surface area contributed by atoms with Crippen LogP contribution < -0.4 is 5.32 Å². The van der Waals surface area contributed by atoms with Crippen LogP contribution in [0.15, 0.2) is 54.6 Å². The van der Waals surface area contributed by atoms with Crippen molar-refractivity contribution in [1.82, 2.24) is 10.2 Å². The fourth-order valence-corrected chi connectivity index (χ4v) is 5.73. The lowest BCUT2D eigenvalue weighted by molar-refractivity contribution is -0.449. The maximum atomic E-state index is 15.3. The summed E-state index contributed by atoms with van der Waals surface area (Å²) in [6, 6.07) is 14.1. The molecule has 322 valence electrons. The van der Waals surface area contributed by atoms with Gasteiger partial charge in [-0.05, 0) is 58.7 Å². The Balaban J connectivity index is 1.62. The van der Waals surface area contributed by atoms with Crippen molar-refractivity contribution in [2.75, 3.05) is 39.5 Å². The van der Waals surface area contributed by atoms with E-state index >= 15 is 8.78 Å². The predicted octanol–water partition coefficient (Wildman–Crippen LogP) is 9.84. The van der Waals surface area contributed by atoms with Gasteiger partial charge in [-0.1, -0.05) is 54.6 Å². The van der Waals surface area contributed by atoms with Gasteiger partial charge in [0.05, 0.1) is 26.4 Å². The largest absolute Gasteiger partial charge is 0.460 e. The van der Waals surface area contributed by atoms with E-state index in [1.165, 1.54) is 18.2 Å². The Morgan fingerprint density at radius 2 is 1.07 bits per heavy atom. The highest BCUT2D eigenvalue weighted by atomic mass is 19.4. The van der Waals surface area contributed by atoms with Gasteiger partial charge >= 0.3 is 47.8 Å². The van der Waals surface area contributed by atoms with E-state index in [0.29, 0.717) is 26.9 Å². The molecule has 0 bridgehead atoms. The lowest BCUT2D eigenvalue weighted by Gasteiger charge is -2.41. The second-order valence-corrected chi connectivity index (χ2v) is 13.9. The first-order valence-corrected chi connectivity index (χ1v) is 16.8. The van der Waals surface area contributed by atoms with E-state index in [4.69, 9.17) is 14.2 Å². The molecule has 7 nitrogen and oxygen atoms in total. The van der Waals surface area contributed by atoms with Gasteiger partial charge in [-0.2, -0.15) is 65.9 Å². The molecule has 0 aliphatic carbocycles. The highest BCUT2D eigenvalue weighted by Crippen LogP contribution is 2.62. The number of hydrogen-bond acceptors (Lipinski definition) is 5. The van der Waals surface area contributed by atoms with Gasteiger partial charge in [0.2, 0.25) is 0 Å². The Bertz CT molecular complexity index is 2070. The van der Waals surface area contributed by atoms with Crippen molar-refractivity contribution in [3.8, 4) is 0 Å². The third-order valence-corrected chi connectivity index (χ3v) is 8.66. The summed E-state index contributed by atoms with van der Waals surface area (Å²) in [5, 5.41) is 5.48. The molecule has 1 N–H and O–H groups in total. The number of amides is 2.